The predicted octanol–water partition coefficient (Wildman–Crippen LogP) is 0.0172. The van der Waals surface area contributed by atoms with E-state index in [1.807, 2.05) is 6.07 Å². The Morgan fingerprint density at radius 2 is 1.94 bits per heavy atom. The van der Waals surface area contributed by atoms with Crippen LogP contribution in [-0.2, 0) is 9.59 Å². The lowest BCUT2D eigenvalue weighted by atomic mass is 10.2. The summed E-state index contributed by atoms with van der Waals surface area (Å²) in [5.74, 6) is -1.20. The van der Waals surface area contributed by atoms with Crippen molar-refractivity contribution in [1.82, 2.24) is 5.32 Å². The summed E-state index contributed by atoms with van der Waals surface area (Å²) in [6, 6.07) is 7.62. The zero-order valence-electron chi connectivity index (χ0n) is 9.70. The van der Waals surface area contributed by atoms with Gasteiger partial charge < -0.3 is 20.3 Å². The molecule has 1 unspecified atom stereocenters. The number of carboxylic acid groups (broad SMARTS) is 1. The zero-order valence-corrected chi connectivity index (χ0v) is 9.70. The number of aliphatic hydroxyl groups is 1. The molecule has 0 fully saturated rings. The van der Waals surface area contributed by atoms with Crippen LogP contribution < -0.4 is 10.1 Å². The molecule has 6 nitrogen and oxygen atoms in total. The fourth-order valence-corrected chi connectivity index (χ4v) is 1.29. The molecule has 6 heteroatoms. The number of para-hydroxylation sites is 1. The lowest BCUT2D eigenvalue weighted by molar-refractivity contribution is -0.142. The molecule has 0 saturated heterocycles. The summed E-state index contributed by atoms with van der Waals surface area (Å²) in [5, 5.41) is 19.7. The minimum atomic E-state index is -1.18. The first-order valence-corrected chi connectivity index (χ1v) is 5.44. The van der Waals surface area contributed by atoms with Gasteiger partial charge in [0.2, 0.25) is 0 Å². The van der Waals surface area contributed by atoms with Crippen LogP contribution in [-0.4, -0.2) is 41.3 Å². The summed E-state index contributed by atoms with van der Waals surface area (Å²) < 4.78 is 5.16. The Morgan fingerprint density at radius 3 is 2.50 bits per heavy atom. The number of aliphatic hydroxyl groups excluding tert-OH is 1. The topological polar surface area (TPSA) is 95.9 Å². The van der Waals surface area contributed by atoms with E-state index in [4.69, 9.17) is 14.9 Å². The van der Waals surface area contributed by atoms with Crippen molar-refractivity contribution in [2.45, 2.75) is 12.5 Å². The number of carbonyl (C=O) groups excluding carboxylic acids is 1. The zero-order chi connectivity index (χ0) is 13.4. The van der Waals surface area contributed by atoms with Crippen molar-refractivity contribution < 1.29 is 24.5 Å². The van der Waals surface area contributed by atoms with Crippen molar-refractivity contribution in [3.63, 3.8) is 0 Å². The van der Waals surface area contributed by atoms with Crippen LogP contribution in [0.15, 0.2) is 30.3 Å². The molecule has 0 radical (unpaired) electrons. The maximum Gasteiger partial charge on any atom is 0.326 e. The monoisotopic (exact) mass is 253 g/mol. The molecule has 0 aliphatic heterocycles. The molecule has 0 aromatic heterocycles. The highest BCUT2D eigenvalue weighted by atomic mass is 16.5. The normalized spacial score (nSPS) is 11.6. The number of amides is 1. The lowest BCUT2D eigenvalue weighted by Gasteiger charge is -2.13. The first-order valence-electron chi connectivity index (χ1n) is 5.44. The average molecular weight is 253 g/mol. The molecular formula is C12H15NO5. The molecule has 3 N–H and O–H groups in total. The number of benzene rings is 1. The van der Waals surface area contributed by atoms with Gasteiger partial charge in [-0.15, -0.1) is 0 Å². The predicted molar refractivity (Wildman–Crippen MR) is 63.2 cm³/mol. The number of carbonyl (C=O) groups is 2. The number of rotatable bonds is 7. The van der Waals surface area contributed by atoms with Crippen molar-refractivity contribution in [1.29, 1.82) is 0 Å². The highest BCUT2D eigenvalue weighted by molar-refractivity contribution is 5.84. The number of nitrogens with one attached hydrogen (secondary N) is 1. The second-order valence-electron chi connectivity index (χ2n) is 3.57. The van der Waals surface area contributed by atoms with Gasteiger partial charge in [0.25, 0.3) is 5.91 Å². The smallest absolute Gasteiger partial charge is 0.326 e. The molecule has 1 aromatic carbocycles. The minimum absolute atomic E-state index is 0.0353. The van der Waals surface area contributed by atoms with E-state index in [-0.39, 0.29) is 19.6 Å². The Morgan fingerprint density at radius 1 is 1.28 bits per heavy atom. The summed E-state index contributed by atoms with van der Waals surface area (Å²) in [4.78, 5) is 22.2. The lowest BCUT2D eigenvalue weighted by Crippen LogP contribution is -2.43. The third-order valence-electron chi connectivity index (χ3n) is 2.16. The molecule has 1 atom stereocenters. The van der Waals surface area contributed by atoms with Crippen LogP contribution in [0.3, 0.4) is 0 Å². The maximum absolute atomic E-state index is 11.4. The van der Waals surface area contributed by atoms with Gasteiger partial charge in [0, 0.05) is 13.0 Å². The molecular weight excluding hydrogens is 238 g/mol. The van der Waals surface area contributed by atoms with Gasteiger partial charge in [-0.1, -0.05) is 18.2 Å². The third kappa shape index (κ3) is 4.84. The molecule has 0 spiro atoms. The average Bonchev–Trinajstić information content (AvgIpc) is 2.37. The SMILES string of the molecule is O=C(COc1ccccc1)NC(CCO)C(=O)O. The number of hydrogen-bond acceptors (Lipinski definition) is 4. The molecule has 0 aliphatic rings. The van der Waals surface area contributed by atoms with Gasteiger partial charge in [-0.2, -0.15) is 0 Å². The molecule has 98 valence electrons. The van der Waals surface area contributed by atoms with Crippen LogP contribution in [0.4, 0.5) is 0 Å². The van der Waals surface area contributed by atoms with Crippen molar-refractivity contribution in [3.05, 3.63) is 30.3 Å². The third-order valence-corrected chi connectivity index (χ3v) is 2.16. The standard InChI is InChI=1S/C12H15NO5/c14-7-6-10(12(16)17)13-11(15)8-18-9-4-2-1-3-5-9/h1-5,10,14H,6-8H2,(H,13,15)(H,16,17). The van der Waals surface area contributed by atoms with Crippen LogP contribution in [0.1, 0.15) is 6.42 Å². The molecule has 0 aliphatic carbocycles. The summed E-state index contributed by atoms with van der Waals surface area (Å²) in [7, 11) is 0. The molecule has 1 rings (SSSR count). The quantitative estimate of drug-likeness (QED) is 0.636. The largest absolute Gasteiger partial charge is 0.484 e. The molecule has 0 heterocycles. The van der Waals surface area contributed by atoms with Crippen LogP contribution in [0.25, 0.3) is 0 Å². The van der Waals surface area contributed by atoms with E-state index in [0.717, 1.165) is 0 Å². The number of ether oxygens (including phenoxy) is 1. The maximum atomic E-state index is 11.4. The number of carboxylic acids is 1. The minimum Gasteiger partial charge on any atom is -0.484 e. The van der Waals surface area contributed by atoms with Crippen molar-refractivity contribution >= 4 is 11.9 Å². The van der Waals surface area contributed by atoms with Gasteiger partial charge >= 0.3 is 5.97 Å². The van der Waals surface area contributed by atoms with Crippen LogP contribution in [0, 0.1) is 0 Å². The Bertz CT molecular complexity index is 393. The Labute approximate surface area is 104 Å². The molecule has 1 amide bonds. The first-order chi connectivity index (χ1) is 8.63. The number of aliphatic carboxylic acids is 1. The van der Waals surface area contributed by atoms with Gasteiger partial charge in [0.05, 0.1) is 0 Å². The summed E-state index contributed by atoms with van der Waals surface area (Å²) in [6.07, 6.45) is -0.0353. The van der Waals surface area contributed by atoms with Gasteiger partial charge in [-0.25, -0.2) is 4.79 Å². The van der Waals surface area contributed by atoms with E-state index in [2.05, 4.69) is 5.32 Å². The van der Waals surface area contributed by atoms with E-state index in [0.29, 0.717) is 5.75 Å². The summed E-state index contributed by atoms with van der Waals surface area (Å²) in [5.41, 5.74) is 0. The van der Waals surface area contributed by atoms with E-state index in [1.54, 1.807) is 24.3 Å². The van der Waals surface area contributed by atoms with Crippen molar-refractivity contribution in [3.8, 4) is 5.75 Å². The highest BCUT2D eigenvalue weighted by Crippen LogP contribution is 2.07. The van der Waals surface area contributed by atoms with Crippen LogP contribution >= 0.6 is 0 Å². The molecule has 0 saturated carbocycles. The fourth-order valence-electron chi connectivity index (χ4n) is 1.29. The van der Waals surface area contributed by atoms with Gasteiger partial charge in [-0.3, -0.25) is 4.79 Å². The highest BCUT2D eigenvalue weighted by Gasteiger charge is 2.19. The van der Waals surface area contributed by atoms with Crippen LogP contribution in [0.5, 0.6) is 5.75 Å². The molecule has 1 aromatic rings. The molecule has 0 bridgehead atoms. The second kappa shape index (κ2) is 7.29. The summed E-state index contributed by atoms with van der Waals surface area (Å²) >= 11 is 0. The second-order valence-corrected chi connectivity index (χ2v) is 3.57. The van der Waals surface area contributed by atoms with E-state index >= 15 is 0 Å². The van der Waals surface area contributed by atoms with E-state index < -0.39 is 17.9 Å². The van der Waals surface area contributed by atoms with Crippen molar-refractivity contribution in [2.24, 2.45) is 0 Å². The van der Waals surface area contributed by atoms with Gasteiger partial charge in [-0.05, 0) is 12.1 Å². The Hall–Kier alpha value is -2.08. The number of hydrogen-bond donors (Lipinski definition) is 3. The molecule has 18 heavy (non-hydrogen) atoms. The van der Waals surface area contributed by atoms with Crippen molar-refractivity contribution in [2.75, 3.05) is 13.2 Å². The fraction of sp³-hybridized carbons (Fsp3) is 0.333. The summed E-state index contributed by atoms with van der Waals surface area (Å²) in [6.45, 7) is -0.573. The Kier molecular flexibility index (Phi) is 5.66. The van der Waals surface area contributed by atoms with Crippen LogP contribution in [0.2, 0.25) is 0 Å². The van der Waals surface area contributed by atoms with Gasteiger partial charge in [0.15, 0.2) is 6.61 Å². The van der Waals surface area contributed by atoms with E-state index in [1.165, 1.54) is 0 Å². The van der Waals surface area contributed by atoms with Gasteiger partial charge in [0.1, 0.15) is 11.8 Å². The Balaban J connectivity index is 2.39. The first kappa shape index (κ1) is 14.0. The van der Waals surface area contributed by atoms with E-state index in [9.17, 15) is 9.59 Å².